The van der Waals surface area contributed by atoms with Gasteiger partial charge in [-0.05, 0) is 25.5 Å². The first-order valence-corrected chi connectivity index (χ1v) is 6.91. The number of carbonyl (C=O) groups is 2. The minimum absolute atomic E-state index is 0.175. The Kier molecular flexibility index (Phi) is 4.85. The molecule has 0 aromatic heterocycles. The van der Waals surface area contributed by atoms with Gasteiger partial charge in [-0.15, -0.1) is 0 Å². The van der Waals surface area contributed by atoms with Gasteiger partial charge in [-0.2, -0.15) is 0 Å². The summed E-state index contributed by atoms with van der Waals surface area (Å²) in [6.07, 6.45) is 0. The molecule has 0 atom stereocenters. The molecule has 0 saturated heterocycles. The highest BCUT2D eigenvalue weighted by molar-refractivity contribution is 6.01. The molecule has 0 aliphatic heterocycles. The Hall–Kier alpha value is -3.02. The van der Waals surface area contributed by atoms with Crippen molar-refractivity contribution in [3.8, 4) is 0 Å². The van der Waals surface area contributed by atoms with Crippen LogP contribution in [0.25, 0.3) is 0 Å². The van der Waals surface area contributed by atoms with Crippen molar-refractivity contribution in [2.24, 2.45) is 0 Å². The van der Waals surface area contributed by atoms with E-state index in [0.29, 0.717) is 5.56 Å². The summed E-state index contributed by atoms with van der Waals surface area (Å²) >= 11 is 0. The van der Waals surface area contributed by atoms with E-state index in [0.717, 1.165) is 11.1 Å². The number of carbonyl (C=O) groups excluding carboxylic acids is 2. The number of ether oxygens (including phenoxy) is 1. The number of Topliss-reactive ketones (excluding diaryl/α,β-unsaturated/α-hetero) is 1. The summed E-state index contributed by atoms with van der Waals surface area (Å²) < 4.78 is 4.93. The summed E-state index contributed by atoms with van der Waals surface area (Å²) in [4.78, 5) is 34.3. The van der Waals surface area contributed by atoms with Crippen molar-refractivity contribution in [2.45, 2.75) is 13.8 Å². The molecular weight excluding hydrogens is 298 g/mol. The lowest BCUT2D eigenvalue weighted by molar-refractivity contribution is -0.385. The van der Waals surface area contributed by atoms with Crippen molar-refractivity contribution in [3.05, 3.63) is 74.8 Å². The Morgan fingerprint density at radius 1 is 1.09 bits per heavy atom. The second kappa shape index (κ2) is 6.83. The van der Waals surface area contributed by atoms with E-state index in [2.05, 4.69) is 0 Å². The topological polar surface area (TPSA) is 86.5 Å². The number of nitro groups is 1. The van der Waals surface area contributed by atoms with Crippen molar-refractivity contribution in [3.63, 3.8) is 0 Å². The zero-order valence-electron chi connectivity index (χ0n) is 12.7. The van der Waals surface area contributed by atoms with Crippen LogP contribution in [0.4, 0.5) is 5.69 Å². The second-order valence-electron chi connectivity index (χ2n) is 5.09. The average Bonchev–Trinajstić information content (AvgIpc) is 2.52. The Morgan fingerprint density at radius 2 is 1.78 bits per heavy atom. The van der Waals surface area contributed by atoms with Gasteiger partial charge in [0.25, 0.3) is 5.69 Å². The lowest BCUT2D eigenvalue weighted by Crippen LogP contribution is -2.16. The number of esters is 1. The van der Waals surface area contributed by atoms with Gasteiger partial charge in [-0.3, -0.25) is 14.9 Å². The molecule has 0 amide bonds. The molecule has 0 aliphatic carbocycles. The van der Waals surface area contributed by atoms with E-state index < -0.39 is 17.5 Å². The van der Waals surface area contributed by atoms with Crippen LogP contribution in [0.2, 0.25) is 0 Å². The third-order valence-corrected chi connectivity index (χ3v) is 3.34. The molecule has 0 N–H and O–H groups in total. The Morgan fingerprint density at radius 3 is 2.43 bits per heavy atom. The molecular formula is C17H15NO5. The third kappa shape index (κ3) is 3.79. The molecule has 0 bridgehead atoms. The van der Waals surface area contributed by atoms with Crippen LogP contribution in [0.3, 0.4) is 0 Å². The van der Waals surface area contributed by atoms with Gasteiger partial charge in [0, 0.05) is 11.6 Å². The first-order valence-electron chi connectivity index (χ1n) is 6.91. The highest BCUT2D eigenvalue weighted by Crippen LogP contribution is 2.19. The molecule has 118 valence electrons. The first kappa shape index (κ1) is 16.4. The molecule has 2 rings (SSSR count). The van der Waals surface area contributed by atoms with E-state index in [1.54, 1.807) is 19.1 Å². The largest absolute Gasteiger partial charge is 0.454 e. The van der Waals surface area contributed by atoms with E-state index in [1.165, 1.54) is 24.3 Å². The number of ketones is 1. The van der Waals surface area contributed by atoms with Crippen LogP contribution in [-0.2, 0) is 4.74 Å². The fourth-order valence-electron chi connectivity index (χ4n) is 2.22. The lowest BCUT2D eigenvalue weighted by atomic mass is 10.0. The van der Waals surface area contributed by atoms with Crippen molar-refractivity contribution < 1.29 is 19.2 Å². The van der Waals surface area contributed by atoms with E-state index in [9.17, 15) is 19.7 Å². The maximum Gasteiger partial charge on any atom is 0.345 e. The van der Waals surface area contributed by atoms with Crippen molar-refractivity contribution in [2.75, 3.05) is 6.61 Å². The minimum atomic E-state index is -0.893. The molecule has 0 saturated carbocycles. The lowest BCUT2D eigenvalue weighted by Gasteiger charge is -2.07. The number of benzene rings is 2. The summed E-state index contributed by atoms with van der Waals surface area (Å²) in [5.74, 6) is -1.25. The quantitative estimate of drug-likeness (QED) is 0.366. The first-order chi connectivity index (χ1) is 10.9. The van der Waals surface area contributed by atoms with Crippen LogP contribution >= 0.6 is 0 Å². The summed E-state index contributed by atoms with van der Waals surface area (Å²) in [5.41, 5.74) is 1.75. The minimum Gasteiger partial charge on any atom is -0.454 e. The molecule has 6 heteroatoms. The van der Waals surface area contributed by atoms with Crippen LogP contribution in [-0.4, -0.2) is 23.3 Å². The van der Waals surface area contributed by atoms with Crippen LogP contribution in [0, 0.1) is 24.0 Å². The fraction of sp³-hybridized carbons (Fsp3) is 0.176. The zero-order chi connectivity index (χ0) is 17.0. The molecule has 0 aliphatic rings. The molecule has 0 spiro atoms. The monoisotopic (exact) mass is 313 g/mol. The van der Waals surface area contributed by atoms with Gasteiger partial charge >= 0.3 is 5.97 Å². The van der Waals surface area contributed by atoms with Gasteiger partial charge in [-0.1, -0.05) is 35.9 Å². The SMILES string of the molecule is Cc1ccc(C(=O)COC(=O)c2ccccc2[N+](=O)[O-])c(C)c1. The van der Waals surface area contributed by atoms with Gasteiger partial charge in [0.15, 0.2) is 6.61 Å². The second-order valence-corrected chi connectivity index (χ2v) is 5.09. The van der Waals surface area contributed by atoms with Gasteiger partial charge in [0.05, 0.1) is 4.92 Å². The normalized spacial score (nSPS) is 10.2. The van der Waals surface area contributed by atoms with Crippen molar-refractivity contribution in [1.82, 2.24) is 0 Å². The fourth-order valence-corrected chi connectivity index (χ4v) is 2.22. The Bertz CT molecular complexity index is 782. The standard InChI is InChI=1S/C17H15NO5/c1-11-7-8-13(12(2)9-11)16(19)10-23-17(20)14-5-3-4-6-15(14)18(21)22/h3-9H,10H2,1-2H3. The highest BCUT2D eigenvalue weighted by atomic mass is 16.6. The summed E-state index contributed by atoms with van der Waals surface area (Å²) in [6.45, 7) is 3.24. The molecule has 0 radical (unpaired) electrons. The molecule has 23 heavy (non-hydrogen) atoms. The number of aryl methyl sites for hydroxylation is 2. The van der Waals surface area contributed by atoms with Crippen LogP contribution in [0.5, 0.6) is 0 Å². The number of nitro benzene ring substituents is 1. The van der Waals surface area contributed by atoms with E-state index in [1.807, 2.05) is 13.0 Å². The van der Waals surface area contributed by atoms with Crippen LogP contribution in [0.1, 0.15) is 31.8 Å². The predicted molar refractivity (Wildman–Crippen MR) is 83.6 cm³/mol. The summed E-state index contributed by atoms with van der Waals surface area (Å²) in [6, 6.07) is 10.8. The maximum atomic E-state index is 12.1. The number of hydrogen-bond donors (Lipinski definition) is 0. The molecule has 0 fully saturated rings. The molecule has 2 aromatic carbocycles. The number of hydrogen-bond acceptors (Lipinski definition) is 5. The third-order valence-electron chi connectivity index (χ3n) is 3.34. The molecule has 2 aromatic rings. The summed E-state index contributed by atoms with van der Waals surface area (Å²) in [5, 5.41) is 10.9. The zero-order valence-corrected chi connectivity index (χ0v) is 12.7. The van der Waals surface area contributed by atoms with Crippen molar-refractivity contribution in [1.29, 1.82) is 0 Å². The number of rotatable bonds is 5. The van der Waals surface area contributed by atoms with Crippen LogP contribution in [0.15, 0.2) is 42.5 Å². The van der Waals surface area contributed by atoms with Crippen LogP contribution < -0.4 is 0 Å². The number of nitrogens with zero attached hydrogens (tertiary/aromatic N) is 1. The average molecular weight is 313 g/mol. The van der Waals surface area contributed by atoms with Gasteiger partial charge in [0.2, 0.25) is 5.78 Å². The predicted octanol–water partition coefficient (Wildman–Crippen LogP) is 3.25. The van der Waals surface area contributed by atoms with Gasteiger partial charge in [0.1, 0.15) is 5.56 Å². The Balaban J connectivity index is 2.10. The smallest absolute Gasteiger partial charge is 0.345 e. The summed E-state index contributed by atoms with van der Waals surface area (Å²) in [7, 11) is 0. The molecule has 0 heterocycles. The highest BCUT2D eigenvalue weighted by Gasteiger charge is 2.21. The van der Waals surface area contributed by atoms with E-state index in [4.69, 9.17) is 4.74 Å². The van der Waals surface area contributed by atoms with Crippen molar-refractivity contribution >= 4 is 17.4 Å². The van der Waals surface area contributed by atoms with E-state index in [-0.39, 0.29) is 17.0 Å². The Labute approximate surface area is 132 Å². The van der Waals surface area contributed by atoms with Gasteiger partial charge < -0.3 is 4.74 Å². The number of para-hydroxylation sites is 1. The maximum absolute atomic E-state index is 12.1. The molecule has 0 unspecified atom stereocenters. The van der Waals surface area contributed by atoms with Gasteiger partial charge in [-0.25, -0.2) is 4.79 Å². The molecule has 6 nitrogen and oxygen atoms in total. The van der Waals surface area contributed by atoms with E-state index >= 15 is 0 Å².